The Labute approximate surface area is 86.3 Å². The first-order valence-electron chi connectivity index (χ1n) is 5.26. The minimum absolute atomic E-state index is 0.0555. The average molecular weight is 220 g/mol. The molecule has 2 N–H and O–H groups in total. The third kappa shape index (κ3) is 3.70. The summed E-state index contributed by atoms with van der Waals surface area (Å²) < 4.78 is 17.9. The van der Waals surface area contributed by atoms with Crippen LogP contribution in [0.5, 0.6) is 0 Å². The van der Waals surface area contributed by atoms with Crippen molar-refractivity contribution in [1.82, 2.24) is 10.4 Å². The van der Waals surface area contributed by atoms with Crippen LogP contribution < -0.4 is 10.4 Å². The molecule has 1 atom stereocenters. The van der Waals surface area contributed by atoms with Gasteiger partial charge in [0.2, 0.25) is 0 Å². The molecule has 1 fully saturated rings. The van der Waals surface area contributed by atoms with Crippen LogP contribution in [0.1, 0.15) is 26.7 Å². The largest absolute Gasteiger partial charge is 0.318 e. The summed E-state index contributed by atoms with van der Waals surface area (Å²) in [5, 5.41) is 6.05. The van der Waals surface area contributed by atoms with E-state index >= 15 is 0 Å². The molecule has 0 bridgehead atoms. The third-order valence-electron chi connectivity index (χ3n) is 2.22. The molecule has 0 aromatic heterocycles. The molecule has 0 spiro atoms. The van der Waals surface area contributed by atoms with E-state index in [0.717, 1.165) is 19.4 Å². The normalized spacial score (nSPS) is 21.1. The van der Waals surface area contributed by atoms with Crippen LogP contribution in [0.25, 0.3) is 0 Å². The Morgan fingerprint density at radius 1 is 1.43 bits per heavy atom. The highest BCUT2D eigenvalue weighted by Crippen LogP contribution is 2.51. The van der Waals surface area contributed by atoms with Crippen molar-refractivity contribution in [3.8, 4) is 0 Å². The van der Waals surface area contributed by atoms with Crippen molar-refractivity contribution in [2.45, 2.75) is 38.5 Å². The minimum Gasteiger partial charge on any atom is -0.318 e. The summed E-state index contributed by atoms with van der Waals surface area (Å²) >= 11 is 0. The van der Waals surface area contributed by atoms with Gasteiger partial charge < -0.3 is 9.84 Å². The van der Waals surface area contributed by atoms with E-state index in [0.29, 0.717) is 6.54 Å². The van der Waals surface area contributed by atoms with Gasteiger partial charge in [0.1, 0.15) is 0 Å². The zero-order valence-electron chi connectivity index (χ0n) is 9.25. The van der Waals surface area contributed by atoms with Gasteiger partial charge in [0.25, 0.3) is 7.52 Å². The van der Waals surface area contributed by atoms with Crippen LogP contribution in [0.15, 0.2) is 0 Å². The monoisotopic (exact) mass is 220 g/mol. The number of hydrogen-bond donors (Lipinski definition) is 2. The predicted molar refractivity (Wildman–Crippen MR) is 58.8 cm³/mol. The van der Waals surface area contributed by atoms with E-state index < -0.39 is 7.52 Å². The first-order chi connectivity index (χ1) is 6.58. The van der Waals surface area contributed by atoms with E-state index in [2.05, 4.69) is 10.4 Å². The van der Waals surface area contributed by atoms with Gasteiger partial charge in [-0.25, -0.2) is 5.09 Å². The molecular weight excluding hydrogens is 199 g/mol. The van der Waals surface area contributed by atoms with Gasteiger partial charge in [-0.05, 0) is 19.9 Å². The summed E-state index contributed by atoms with van der Waals surface area (Å²) in [5.41, 5.74) is 0.0555. The summed E-state index contributed by atoms with van der Waals surface area (Å²) in [4.78, 5) is 0. The molecule has 0 radical (unpaired) electrons. The summed E-state index contributed by atoms with van der Waals surface area (Å²) in [5.74, 6) is 0. The highest BCUT2D eigenvalue weighted by atomic mass is 31.2. The van der Waals surface area contributed by atoms with Gasteiger partial charge in [-0.2, -0.15) is 0 Å². The van der Waals surface area contributed by atoms with Gasteiger partial charge in [-0.15, -0.1) is 0 Å². The van der Waals surface area contributed by atoms with E-state index in [9.17, 15) is 4.57 Å². The van der Waals surface area contributed by atoms with Gasteiger partial charge in [0, 0.05) is 18.7 Å². The quantitative estimate of drug-likeness (QED) is 0.505. The maximum absolute atomic E-state index is 12.3. The summed E-state index contributed by atoms with van der Waals surface area (Å²) in [7, 11) is -0.726. The molecule has 84 valence electrons. The molecule has 0 amide bonds. The molecule has 1 rings (SSSR count). The van der Waals surface area contributed by atoms with Gasteiger partial charge >= 0.3 is 0 Å². The zero-order valence-corrected chi connectivity index (χ0v) is 10.1. The lowest BCUT2D eigenvalue weighted by atomic mass is 10.6. The summed E-state index contributed by atoms with van der Waals surface area (Å²) in [6, 6.07) is 0. The molecule has 0 heterocycles. The maximum Gasteiger partial charge on any atom is 0.272 e. The molecule has 1 saturated carbocycles. The molecule has 5 heteroatoms. The maximum atomic E-state index is 12.3. The fourth-order valence-electron chi connectivity index (χ4n) is 1.07. The van der Waals surface area contributed by atoms with Crippen LogP contribution in [0.4, 0.5) is 0 Å². The molecule has 4 nitrogen and oxygen atoms in total. The third-order valence-corrected chi connectivity index (χ3v) is 4.85. The first kappa shape index (κ1) is 12.2. The Morgan fingerprint density at radius 3 is 2.50 bits per heavy atom. The van der Waals surface area contributed by atoms with Gasteiger partial charge in [-0.1, -0.05) is 13.8 Å². The van der Waals surface area contributed by atoms with Gasteiger partial charge in [0.15, 0.2) is 0 Å². The average Bonchev–Trinajstić information content (AvgIpc) is 2.88. The number of likely N-dealkylation sites (N-methyl/N-ethyl adjacent to an activating group) is 1. The van der Waals surface area contributed by atoms with Crippen LogP contribution in [0, 0.1) is 0 Å². The van der Waals surface area contributed by atoms with E-state index in [1.807, 2.05) is 20.9 Å². The molecule has 14 heavy (non-hydrogen) atoms. The Kier molecular flexibility index (Phi) is 4.58. The van der Waals surface area contributed by atoms with Crippen molar-refractivity contribution in [1.29, 1.82) is 0 Å². The highest BCUT2D eigenvalue weighted by molar-refractivity contribution is 7.57. The molecule has 0 aromatic carbocycles. The van der Waals surface area contributed by atoms with Gasteiger partial charge in [-0.3, -0.25) is 4.57 Å². The Bertz CT molecular complexity index is 217. The SMILES string of the molecule is CNCCNP(=O)(OC1CC1)C(C)C. The van der Waals surface area contributed by atoms with E-state index in [-0.39, 0.29) is 11.8 Å². The van der Waals surface area contributed by atoms with Crippen LogP contribution in [-0.2, 0) is 9.09 Å². The van der Waals surface area contributed by atoms with Crippen molar-refractivity contribution in [2.24, 2.45) is 0 Å². The second-order valence-corrected chi connectivity index (χ2v) is 6.76. The number of rotatable bonds is 7. The zero-order chi connectivity index (χ0) is 10.6. The topological polar surface area (TPSA) is 50.4 Å². The second kappa shape index (κ2) is 5.26. The molecule has 1 aliphatic carbocycles. The van der Waals surface area contributed by atoms with Crippen LogP contribution in [0.2, 0.25) is 0 Å². The molecule has 0 aromatic rings. The fraction of sp³-hybridized carbons (Fsp3) is 1.00. The van der Waals surface area contributed by atoms with Crippen LogP contribution in [-0.4, -0.2) is 31.9 Å². The molecule has 0 saturated heterocycles. The predicted octanol–water partition coefficient (Wildman–Crippen LogP) is 1.58. The van der Waals surface area contributed by atoms with Crippen molar-refractivity contribution >= 4 is 7.52 Å². The van der Waals surface area contributed by atoms with Crippen LogP contribution in [0.3, 0.4) is 0 Å². The lowest BCUT2D eigenvalue weighted by Crippen LogP contribution is -2.26. The standard InChI is InChI=1S/C9H21N2O2P/c1-8(2)14(12,11-7-6-10-3)13-9-4-5-9/h8-10H,4-7H2,1-3H3,(H,11,12). The second-order valence-electron chi connectivity index (χ2n) is 4.01. The fourth-order valence-corrected chi connectivity index (χ4v) is 2.83. The Hall–Kier alpha value is 0.110. The van der Waals surface area contributed by atoms with Gasteiger partial charge in [0.05, 0.1) is 6.10 Å². The van der Waals surface area contributed by atoms with E-state index in [4.69, 9.17) is 4.52 Å². The minimum atomic E-state index is -2.60. The lowest BCUT2D eigenvalue weighted by Gasteiger charge is -2.22. The highest BCUT2D eigenvalue weighted by Gasteiger charge is 2.35. The van der Waals surface area contributed by atoms with Crippen LogP contribution >= 0.6 is 7.52 Å². The Balaban J connectivity index is 2.38. The first-order valence-corrected chi connectivity index (χ1v) is 6.95. The lowest BCUT2D eigenvalue weighted by molar-refractivity contribution is 0.288. The molecular formula is C9H21N2O2P. The van der Waals surface area contributed by atoms with Crippen molar-refractivity contribution in [3.63, 3.8) is 0 Å². The van der Waals surface area contributed by atoms with Crippen molar-refractivity contribution < 1.29 is 9.09 Å². The smallest absolute Gasteiger partial charge is 0.272 e. The van der Waals surface area contributed by atoms with Crippen molar-refractivity contribution in [2.75, 3.05) is 20.1 Å². The van der Waals surface area contributed by atoms with Crippen molar-refractivity contribution in [3.05, 3.63) is 0 Å². The van der Waals surface area contributed by atoms with E-state index in [1.54, 1.807) is 0 Å². The summed E-state index contributed by atoms with van der Waals surface area (Å²) in [6.45, 7) is 5.38. The van der Waals surface area contributed by atoms with E-state index in [1.165, 1.54) is 0 Å². The number of hydrogen-bond acceptors (Lipinski definition) is 3. The Morgan fingerprint density at radius 2 is 2.07 bits per heavy atom. The molecule has 1 unspecified atom stereocenters. The molecule has 1 aliphatic rings. The number of nitrogens with one attached hydrogen (secondary N) is 2. The molecule has 0 aliphatic heterocycles. The summed E-state index contributed by atoms with van der Waals surface area (Å²) in [6.07, 6.45) is 2.36.